The van der Waals surface area contributed by atoms with Crippen LogP contribution in [0.1, 0.15) is 67.2 Å². The van der Waals surface area contributed by atoms with Gasteiger partial charge in [0.25, 0.3) is 11.8 Å². The Kier molecular flexibility index (Phi) is 3.51. The van der Waals surface area contributed by atoms with E-state index in [2.05, 4.69) is 20.8 Å². The minimum atomic E-state index is -0.599. The van der Waals surface area contributed by atoms with Gasteiger partial charge in [-0.15, -0.1) is 0 Å². The van der Waals surface area contributed by atoms with E-state index in [0.29, 0.717) is 17.7 Å². The van der Waals surface area contributed by atoms with Crippen LogP contribution in [0.5, 0.6) is 0 Å². The fourth-order valence-corrected chi connectivity index (χ4v) is 5.38. The molecule has 3 fully saturated rings. The molecule has 3 amide bonds. The molecule has 7 nitrogen and oxygen atoms in total. The molecule has 0 N–H and O–H groups in total. The molecule has 1 spiro atoms. The molecule has 5 rings (SSSR count). The first-order chi connectivity index (χ1) is 13.4. The highest BCUT2D eigenvalue weighted by Crippen LogP contribution is 2.69. The number of hydrogen-bond donors (Lipinski definition) is 0. The highest BCUT2D eigenvalue weighted by atomic mass is 16.6. The number of fused-ring (bicyclic) bond motifs is 4. The highest BCUT2D eigenvalue weighted by molar-refractivity contribution is 6.21. The second kappa shape index (κ2) is 5.56. The molecule has 4 aliphatic rings. The molecular weight excluding hydrogens is 358 g/mol. The van der Waals surface area contributed by atoms with Crippen molar-refractivity contribution in [2.75, 3.05) is 6.61 Å². The minimum absolute atomic E-state index is 0.0313. The van der Waals surface area contributed by atoms with E-state index in [0.717, 1.165) is 25.7 Å². The van der Waals surface area contributed by atoms with Crippen LogP contribution in [0.25, 0.3) is 0 Å². The van der Waals surface area contributed by atoms with Crippen LogP contribution in [-0.4, -0.2) is 57.2 Å². The van der Waals surface area contributed by atoms with Gasteiger partial charge in [-0.05, 0) is 18.6 Å². The van der Waals surface area contributed by atoms with E-state index in [1.807, 2.05) is 5.01 Å². The van der Waals surface area contributed by atoms with Gasteiger partial charge in [0.1, 0.15) is 6.61 Å². The summed E-state index contributed by atoms with van der Waals surface area (Å²) < 4.78 is 5.40. The zero-order valence-electron chi connectivity index (χ0n) is 16.5. The molecule has 148 valence electrons. The molecule has 7 heteroatoms. The second-order valence-electron chi connectivity index (χ2n) is 8.92. The van der Waals surface area contributed by atoms with Crippen LogP contribution in [0.15, 0.2) is 24.3 Å². The molecular formula is C21H25N3O4. The van der Waals surface area contributed by atoms with Gasteiger partial charge in [0, 0.05) is 5.41 Å². The minimum Gasteiger partial charge on any atom is -0.449 e. The van der Waals surface area contributed by atoms with Crippen molar-refractivity contribution in [3.8, 4) is 0 Å². The standard InChI is InChI=1S/C21H25N3O4/c1-4-5-6-11-15-21(18-20(2,3)12-28-19(27)22(18)21)24(15)23-16(25)13-9-7-8-10-14(13)17(23)26/h7-10,15,18H,4-6,11-12H2,1-3H3/t15-,18-,21+,22?,24?/m1/s1. The number of nitrogens with zero attached hydrogens (tertiary/aromatic N) is 3. The lowest BCUT2D eigenvalue weighted by molar-refractivity contribution is 0.0304. The third kappa shape index (κ3) is 2.00. The number of hydrazine groups is 1. The average molecular weight is 383 g/mol. The number of imide groups is 1. The summed E-state index contributed by atoms with van der Waals surface area (Å²) >= 11 is 0. The Morgan fingerprint density at radius 1 is 1.07 bits per heavy atom. The predicted octanol–water partition coefficient (Wildman–Crippen LogP) is 3.02. The number of benzene rings is 1. The van der Waals surface area contributed by atoms with Gasteiger partial charge in [-0.25, -0.2) is 4.79 Å². The molecule has 28 heavy (non-hydrogen) atoms. The van der Waals surface area contributed by atoms with Crippen LogP contribution < -0.4 is 0 Å². The van der Waals surface area contributed by atoms with Gasteiger partial charge < -0.3 is 4.74 Å². The molecule has 4 heterocycles. The number of amides is 3. The maximum Gasteiger partial charge on any atom is 0.411 e. The topological polar surface area (TPSA) is 69.7 Å². The first kappa shape index (κ1) is 17.7. The smallest absolute Gasteiger partial charge is 0.411 e. The van der Waals surface area contributed by atoms with E-state index in [1.54, 1.807) is 29.2 Å². The molecule has 4 aliphatic heterocycles. The molecule has 0 aliphatic carbocycles. The summed E-state index contributed by atoms with van der Waals surface area (Å²) in [5, 5.41) is 3.15. The van der Waals surface area contributed by atoms with Gasteiger partial charge in [0.15, 0.2) is 5.66 Å². The lowest BCUT2D eigenvalue weighted by Gasteiger charge is -2.27. The quantitative estimate of drug-likeness (QED) is 0.444. The molecule has 0 saturated carbocycles. The van der Waals surface area contributed by atoms with Crippen LogP contribution in [0, 0.1) is 5.41 Å². The Morgan fingerprint density at radius 3 is 2.29 bits per heavy atom. The highest BCUT2D eigenvalue weighted by Gasteiger charge is 2.91. The average Bonchev–Trinajstić information content (AvgIpc) is 3.52. The number of cyclic esters (lactones) is 1. The Labute approximate surface area is 164 Å². The number of carbonyl (C=O) groups excluding carboxylic acids is 3. The monoisotopic (exact) mass is 383 g/mol. The first-order valence-electron chi connectivity index (χ1n) is 10.1. The molecule has 1 aromatic carbocycles. The molecule has 1 aromatic rings. The zero-order chi connectivity index (χ0) is 19.8. The molecule has 4 atom stereocenters. The fraction of sp³-hybridized carbons (Fsp3) is 0.571. The van der Waals surface area contributed by atoms with Crippen molar-refractivity contribution in [1.82, 2.24) is 14.9 Å². The third-order valence-electron chi connectivity index (χ3n) is 6.64. The van der Waals surface area contributed by atoms with E-state index < -0.39 is 5.66 Å². The SMILES string of the molecule is CCCCC[C@H]1N(N2C(=O)c3ccccc3C2=O)[C@]12[C@@H]1N2C(=O)OCC1(C)C. The van der Waals surface area contributed by atoms with Crippen molar-refractivity contribution >= 4 is 17.9 Å². The first-order valence-corrected chi connectivity index (χ1v) is 10.1. The summed E-state index contributed by atoms with van der Waals surface area (Å²) in [6.07, 6.45) is 3.67. The van der Waals surface area contributed by atoms with Crippen molar-refractivity contribution in [1.29, 1.82) is 0 Å². The summed E-state index contributed by atoms with van der Waals surface area (Å²) in [6.45, 7) is 6.65. The van der Waals surface area contributed by atoms with Gasteiger partial charge in [0.05, 0.1) is 23.2 Å². The van der Waals surface area contributed by atoms with Gasteiger partial charge in [0.2, 0.25) is 0 Å². The lowest BCUT2D eigenvalue weighted by atomic mass is 9.86. The zero-order valence-corrected chi connectivity index (χ0v) is 16.5. The van der Waals surface area contributed by atoms with Crippen LogP contribution in [-0.2, 0) is 4.74 Å². The van der Waals surface area contributed by atoms with Gasteiger partial charge in [-0.2, -0.15) is 10.0 Å². The third-order valence-corrected chi connectivity index (χ3v) is 6.64. The maximum atomic E-state index is 13.1. The van der Waals surface area contributed by atoms with E-state index in [1.165, 1.54) is 5.01 Å². The summed E-state index contributed by atoms with van der Waals surface area (Å²) in [7, 11) is 0. The van der Waals surface area contributed by atoms with Crippen LogP contribution in [0.3, 0.4) is 0 Å². The van der Waals surface area contributed by atoms with Gasteiger partial charge in [-0.3, -0.25) is 14.5 Å². The normalized spacial score (nSPS) is 34.4. The number of hydrogen-bond acceptors (Lipinski definition) is 5. The van der Waals surface area contributed by atoms with E-state index in [9.17, 15) is 14.4 Å². The fourth-order valence-electron chi connectivity index (χ4n) is 5.38. The van der Waals surface area contributed by atoms with Crippen molar-refractivity contribution < 1.29 is 19.1 Å². The van der Waals surface area contributed by atoms with E-state index in [4.69, 9.17) is 4.74 Å². The molecule has 1 unspecified atom stereocenters. The lowest BCUT2D eigenvalue weighted by Crippen LogP contribution is -2.39. The number of ether oxygens (including phenoxy) is 1. The number of rotatable bonds is 5. The van der Waals surface area contributed by atoms with Crippen molar-refractivity contribution in [2.24, 2.45) is 5.41 Å². The van der Waals surface area contributed by atoms with E-state index >= 15 is 0 Å². The van der Waals surface area contributed by atoms with Crippen LogP contribution in [0.4, 0.5) is 4.79 Å². The van der Waals surface area contributed by atoms with Crippen molar-refractivity contribution in [2.45, 2.75) is 64.2 Å². The summed E-state index contributed by atoms with van der Waals surface area (Å²) in [4.78, 5) is 40.3. The largest absolute Gasteiger partial charge is 0.449 e. The van der Waals surface area contributed by atoms with Gasteiger partial charge in [-0.1, -0.05) is 52.2 Å². The number of unbranched alkanes of at least 4 members (excludes halogenated alkanes) is 2. The van der Waals surface area contributed by atoms with Crippen LogP contribution >= 0.6 is 0 Å². The Hall–Kier alpha value is -2.41. The molecule has 3 saturated heterocycles. The molecule has 0 radical (unpaired) electrons. The van der Waals surface area contributed by atoms with E-state index in [-0.39, 0.29) is 35.4 Å². The summed E-state index contributed by atoms with van der Waals surface area (Å²) in [5.41, 5.74) is 0.0346. The summed E-state index contributed by atoms with van der Waals surface area (Å²) in [6, 6.07) is 6.84. The van der Waals surface area contributed by atoms with Gasteiger partial charge >= 0.3 is 6.09 Å². The summed E-state index contributed by atoms with van der Waals surface area (Å²) in [5.74, 6) is -0.594. The second-order valence-corrected chi connectivity index (χ2v) is 8.92. The van der Waals surface area contributed by atoms with Crippen LogP contribution in [0.2, 0.25) is 0 Å². The molecule has 0 aromatic heterocycles. The Bertz CT molecular complexity index is 862. The van der Waals surface area contributed by atoms with Crippen molar-refractivity contribution in [3.05, 3.63) is 35.4 Å². The maximum absolute atomic E-state index is 13.1. The molecule has 0 bridgehead atoms. The predicted molar refractivity (Wildman–Crippen MR) is 100 cm³/mol. The number of carbonyl (C=O) groups is 3. The Balaban J connectivity index is 1.51. The van der Waals surface area contributed by atoms with Crippen molar-refractivity contribution in [3.63, 3.8) is 0 Å². The Morgan fingerprint density at radius 2 is 1.71 bits per heavy atom.